The lowest BCUT2D eigenvalue weighted by atomic mass is 10.1. The molecule has 0 spiro atoms. The van der Waals surface area contributed by atoms with Gasteiger partial charge in [-0.2, -0.15) is 0 Å². The maximum atomic E-state index is 12.0. The number of anilines is 1. The van der Waals surface area contributed by atoms with Crippen LogP contribution >= 0.6 is 0 Å². The van der Waals surface area contributed by atoms with Gasteiger partial charge < -0.3 is 0 Å². The van der Waals surface area contributed by atoms with Crippen molar-refractivity contribution < 1.29 is 9.39 Å². The summed E-state index contributed by atoms with van der Waals surface area (Å²) in [5.41, 5.74) is 5.40. The molecule has 1 aliphatic rings. The average molecular weight is 244 g/mol. The molecule has 0 saturated heterocycles. The van der Waals surface area contributed by atoms with Gasteiger partial charge in [0.05, 0.1) is 11.8 Å². The van der Waals surface area contributed by atoms with E-state index in [1.807, 2.05) is 19.1 Å². The Morgan fingerprint density at radius 3 is 2.50 bits per heavy atom. The minimum absolute atomic E-state index is 0.0119. The monoisotopic (exact) mass is 244 g/mol. The number of nitrogens with zero attached hydrogens (tertiary/aromatic N) is 2. The highest BCUT2D eigenvalue weighted by Crippen LogP contribution is 2.17. The quantitative estimate of drug-likeness (QED) is 0.830. The Bertz CT molecular complexity index is 516. The summed E-state index contributed by atoms with van der Waals surface area (Å²) in [5, 5.41) is 0. The summed E-state index contributed by atoms with van der Waals surface area (Å²) in [4.78, 5) is 16.2. The van der Waals surface area contributed by atoms with Crippen molar-refractivity contribution in [2.75, 3.05) is 12.5 Å². The number of rotatable bonds is 3. The number of quaternary nitrogens is 1. The first-order valence-electron chi connectivity index (χ1n) is 6.06. The van der Waals surface area contributed by atoms with Crippen LogP contribution in [0.4, 0.5) is 5.69 Å². The van der Waals surface area contributed by atoms with Crippen molar-refractivity contribution in [2.45, 2.75) is 20.3 Å². The summed E-state index contributed by atoms with van der Waals surface area (Å²) in [6.07, 6.45) is 4.04. The molecule has 1 aromatic carbocycles. The smallest absolute Gasteiger partial charge is 0.223 e. The van der Waals surface area contributed by atoms with Crippen molar-refractivity contribution in [3.63, 3.8) is 0 Å². The van der Waals surface area contributed by atoms with Gasteiger partial charge in [-0.15, -0.1) is 4.59 Å². The first kappa shape index (κ1) is 12.5. The molecule has 2 rings (SSSR count). The van der Waals surface area contributed by atoms with E-state index in [1.165, 1.54) is 11.6 Å². The zero-order valence-corrected chi connectivity index (χ0v) is 11.0. The van der Waals surface area contributed by atoms with E-state index in [4.69, 9.17) is 0 Å². The molecule has 1 amide bonds. The van der Waals surface area contributed by atoms with Gasteiger partial charge >= 0.3 is 5.91 Å². The van der Waals surface area contributed by atoms with Gasteiger partial charge in [0, 0.05) is 13.1 Å². The Balaban J connectivity index is 2.24. The number of carbonyl (C=O) groups is 1. The Morgan fingerprint density at radius 1 is 1.28 bits per heavy atom. The highest BCUT2D eigenvalue weighted by molar-refractivity contribution is 5.95. The summed E-state index contributed by atoms with van der Waals surface area (Å²) in [7, 11) is 1.80. The van der Waals surface area contributed by atoms with Crippen molar-refractivity contribution in [3.8, 4) is 0 Å². The maximum absolute atomic E-state index is 12.0. The molecule has 0 radical (unpaired) electrons. The van der Waals surface area contributed by atoms with Gasteiger partial charge in [-0.05, 0) is 24.1 Å². The minimum atomic E-state index is -0.0259. The molecular formula is C14H18N3O+. The molecule has 0 saturated carbocycles. The minimum Gasteiger partial charge on any atom is -0.223 e. The lowest BCUT2D eigenvalue weighted by Gasteiger charge is -2.30. The molecule has 1 atom stereocenters. The van der Waals surface area contributed by atoms with Crippen LogP contribution in [-0.4, -0.2) is 23.4 Å². The molecule has 4 heteroatoms. The van der Waals surface area contributed by atoms with Crippen LogP contribution in [0.1, 0.15) is 19.4 Å². The van der Waals surface area contributed by atoms with Gasteiger partial charge in [0.15, 0.2) is 0 Å². The number of nitrogens with one attached hydrogen (secondary N) is 1. The third-order valence-electron chi connectivity index (χ3n) is 3.28. The number of amides is 1. The van der Waals surface area contributed by atoms with Gasteiger partial charge in [-0.25, -0.2) is 15.2 Å². The molecule has 0 aromatic heterocycles. The van der Waals surface area contributed by atoms with Gasteiger partial charge in [0.25, 0.3) is 0 Å². The van der Waals surface area contributed by atoms with Crippen LogP contribution in [0.2, 0.25) is 0 Å². The van der Waals surface area contributed by atoms with Gasteiger partial charge in [0.2, 0.25) is 5.84 Å². The third-order valence-corrected chi connectivity index (χ3v) is 3.28. The molecule has 0 aliphatic carbocycles. The zero-order chi connectivity index (χ0) is 13.2. The van der Waals surface area contributed by atoms with Gasteiger partial charge in [-0.1, -0.05) is 19.1 Å². The standard InChI is InChI=1S/C14H18N3O/c1-4-12-5-7-13(8-6-12)16-17(3)11(2)15-10-9-14(17)18/h5-10,16H,4H2,1-3H3/q+1. The predicted molar refractivity (Wildman–Crippen MR) is 72.9 cm³/mol. The number of amidine groups is 1. The highest BCUT2D eigenvalue weighted by Gasteiger charge is 2.36. The van der Waals surface area contributed by atoms with Crippen molar-refractivity contribution in [2.24, 2.45) is 4.99 Å². The molecule has 1 aromatic rings. The van der Waals surface area contributed by atoms with Crippen LogP contribution in [0.3, 0.4) is 0 Å². The molecule has 0 bridgehead atoms. The lowest BCUT2D eigenvalue weighted by Crippen LogP contribution is -2.57. The average Bonchev–Trinajstić information content (AvgIpc) is 2.37. The number of benzene rings is 1. The zero-order valence-electron chi connectivity index (χ0n) is 11.0. The summed E-state index contributed by atoms with van der Waals surface area (Å²) in [6.45, 7) is 3.96. The summed E-state index contributed by atoms with van der Waals surface area (Å²) in [5.74, 6) is 0.698. The first-order valence-corrected chi connectivity index (χ1v) is 6.06. The number of hydrogen-bond donors (Lipinski definition) is 1. The van der Waals surface area contributed by atoms with E-state index < -0.39 is 0 Å². The van der Waals surface area contributed by atoms with E-state index in [2.05, 4.69) is 29.5 Å². The SMILES string of the molecule is CCc1ccc(N[N+]2(C)C(=O)C=CN=C2C)cc1. The van der Waals surface area contributed by atoms with Gasteiger partial charge in [0.1, 0.15) is 7.05 Å². The molecule has 94 valence electrons. The van der Waals surface area contributed by atoms with Gasteiger partial charge in [-0.3, -0.25) is 0 Å². The van der Waals surface area contributed by atoms with E-state index >= 15 is 0 Å². The number of likely N-dealkylation sites (N-methyl/N-ethyl adjacent to an activating group) is 1. The van der Waals surface area contributed by atoms with Crippen LogP contribution in [0.25, 0.3) is 0 Å². The second kappa shape index (κ2) is 4.74. The number of aliphatic imine (C=N–C) groups is 1. The molecule has 1 unspecified atom stereocenters. The third kappa shape index (κ3) is 2.19. The Kier molecular flexibility index (Phi) is 3.30. The van der Waals surface area contributed by atoms with E-state index in [9.17, 15) is 4.79 Å². The maximum Gasteiger partial charge on any atom is 0.370 e. The predicted octanol–water partition coefficient (Wildman–Crippen LogP) is 2.49. The highest BCUT2D eigenvalue weighted by atomic mass is 16.2. The largest absolute Gasteiger partial charge is 0.370 e. The molecule has 0 fully saturated rings. The summed E-state index contributed by atoms with van der Waals surface area (Å²) in [6, 6.07) is 8.10. The normalized spacial score (nSPS) is 22.8. The number of hydrogen-bond acceptors (Lipinski definition) is 3. The Morgan fingerprint density at radius 2 is 1.94 bits per heavy atom. The van der Waals surface area contributed by atoms with Crippen molar-refractivity contribution in [1.29, 1.82) is 0 Å². The molecule has 18 heavy (non-hydrogen) atoms. The fraction of sp³-hybridized carbons (Fsp3) is 0.286. The fourth-order valence-electron chi connectivity index (χ4n) is 1.84. The second-order valence-electron chi connectivity index (χ2n) is 4.50. The summed E-state index contributed by atoms with van der Waals surface area (Å²) < 4.78 is -0.0119. The van der Waals surface area contributed by atoms with Crippen LogP contribution in [-0.2, 0) is 11.2 Å². The van der Waals surface area contributed by atoms with Crippen LogP contribution in [0.5, 0.6) is 0 Å². The fourth-order valence-corrected chi connectivity index (χ4v) is 1.84. The summed E-state index contributed by atoms with van der Waals surface area (Å²) >= 11 is 0. The Labute approximate surface area is 107 Å². The molecule has 4 nitrogen and oxygen atoms in total. The van der Waals surface area contributed by atoms with E-state index in [0.29, 0.717) is 0 Å². The Hall–Kier alpha value is -1.94. The van der Waals surface area contributed by atoms with E-state index in [-0.39, 0.29) is 10.5 Å². The van der Waals surface area contributed by atoms with Crippen molar-refractivity contribution >= 4 is 17.4 Å². The first-order chi connectivity index (χ1) is 8.56. The molecular weight excluding hydrogens is 226 g/mol. The van der Waals surface area contributed by atoms with E-state index in [1.54, 1.807) is 13.2 Å². The van der Waals surface area contributed by atoms with Crippen molar-refractivity contribution in [3.05, 3.63) is 42.1 Å². The lowest BCUT2D eigenvalue weighted by molar-refractivity contribution is -0.715. The number of carbonyl (C=O) groups excluding carboxylic acids is 1. The van der Waals surface area contributed by atoms with Crippen LogP contribution in [0, 0.1) is 0 Å². The van der Waals surface area contributed by atoms with Crippen molar-refractivity contribution in [1.82, 2.24) is 0 Å². The van der Waals surface area contributed by atoms with Crippen LogP contribution < -0.4 is 5.43 Å². The molecule has 1 aliphatic heterocycles. The second-order valence-corrected chi connectivity index (χ2v) is 4.50. The topological polar surface area (TPSA) is 41.5 Å². The van der Waals surface area contributed by atoms with E-state index in [0.717, 1.165) is 17.9 Å². The van der Waals surface area contributed by atoms with Crippen LogP contribution in [0.15, 0.2) is 41.5 Å². The molecule has 1 N–H and O–H groups in total. The number of aryl methyl sites for hydroxylation is 1. The molecule has 1 heterocycles.